The van der Waals surface area contributed by atoms with E-state index < -0.39 is 0 Å². The van der Waals surface area contributed by atoms with Crippen LogP contribution in [0.4, 0.5) is 11.4 Å². The van der Waals surface area contributed by atoms with Crippen molar-refractivity contribution < 1.29 is 4.79 Å². The lowest BCUT2D eigenvalue weighted by molar-refractivity contribution is 0.102. The molecule has 110 valence electrons. The van der Waals surface area contributed by atoms with E-state index in [1.165, 1.54) is 0 Å². The molecule has 0 aliphatic rings. The van der Waals surface area contributed by atoms with Crippen molar-refractivity contribution in [1.82, 2.24) is 5.32 Å². The van der Waals surface area contributed by atoms with Gasteiger partial charge in [-0.25, -0.2) is 0 Å². The zero-order chi connectivity index (χ0) is 15.2. The Morgan fingerprint density at radius 3 is 2.57 bits per heavy atom. The Bertz CT molecular complexity index is 623. The van der Waals surface area contributed by atoms with Gasteiger partial charge in [0.1, 0.15) is 0 Å². The van der Waals surface area contributed by atoms with Crippen molar-refractivity contribution in [2.24, 2.45) is 0 Å². The predicted molar refractivity (Wildman–Crippen MR) is 87.9 cm³/mol. The molecule has 2 N–H and O–H groups in total. The Labute approximate surface area is 125 Å². The summed E-state index contributed by atoms with van der Waals surface area (Å²) in [6.45, 7) is 0.778. The van der Waals surface area contributed by atoms with E-state index in [4.69, 9.17) is 0 Å². The van der Waals surface area contributed by atoms with Crippen LogP contribution in [-0.2, 0) is 6.54 Å². The molecular weight excluding hydrogens is 262 g/mol. The van der Waals surface area contributed by atoms with E-state index in [-0.39, 0.29) is 5.91 Å². The molecule has 4 heteroatoms. The molecule has 1 amide bonds. The monoisotopic (exact) mass is 283 g/mol. The van der Waals surface area contributed by atoms with Crippen molar-refractivity contribution in [1.29, 1.82) is 0 Å². The lowest BCUT2D eigenvalue weighted by Crippen LogP contribution is -2.14. The first-order valence-electron chi connectivity index (χ1n) is 6.92. The Morgan fingerprint density at radius 1 is 1.10 bits per heavy atom. The lowest BCUT2D eigenvalue weighted by atomic mass is 10.1. The number of carbonyl (C=O) groups excluding carboxylic acids is 1. The number of nitrogens with zero attached hydrogens (tertiary/aromatic N) is 1. The second-order valence-electron chi connectivity index (χ2n) is 5.13. The Balaban J connectivity index is 2.14. The van der Waals surface area contributed by atoms with Crippen LogP contribution < -0.4 is 15.5 Å². The highest BCUT2D eigenvalue weighted by molar-refractivity contribution is 6.04. The standard InChI is InChI=1S/C17H21N3O/c1-18-12-13-6-4-8-15(10-13)19-17(21)14-7-5-9-16(11-14)20(2)3/h4-11,18H,12H2,1-3H3,(H,19,21). The van der Waals surface area contributed by atoms with E-state index in [1.807, 2.05) is 74.6 Å². The SMILES string of the molecule is CNCc1cccc(NC(=O)c2cccc(N(C)C)c2)c1. The minimum atomic E-state index is -0.0969. The van der Waals surface area contributed by atoms with Crippen molar-refractivity contribution in [3.8, 4) is 0 Å². The summed E-state index contributed by atoms with van der Waals surface area (Å²) in [6.07, 6.45) is 0. The molecule has 0 aliphatic heterocycles. The summed E-state index contributed by atoms with van der Waals surface area (Å²) >= 11 is 0. The molecular formula is C17H21N3O. The first-order chi connectivity index (χ1) is 10.1. The van der Waals surface area contributed by atoms with Crippen LogP contribution in [0.5, 0.6) is 0 Å². The summed E-state index contributed by atoms with van der Waals surface area (Å²) in [4.78, 5) is 14.3. The molecule has 0 atom stereocenters. The normalized spacial score (nSPS) is 10.2. The maximum Gasteiger partial charge on any atom is 0.255 e. The number of rotatable bonds is 5. The number of nitrogens with one attached hydrogen (secondary N) is 2. The first kappa shape index (κ1) is 15.1. The number of hydrogen-bond acceptors (Lipinski definition) is 3. The van der Waals surface area contributed by atoms with Gasteiger partial charge < -0.3 is 15.5 Å². The summed E-state index contributed by atoms with van der Waals surface area (Å²) in [5.41, 5.74) is 3.60. The minimum Gasteiger partial charge on any atom is -0.378 e. The van der Waals surface area contributed by atoms with Gasteiger partial charge in [-0.2, -0.15) is 0 Å². The predicted octanol–water partition coefficient (Wildman–Crippen LogP) is 2.72. The van der Waals surface area contributed by atoms with Crippen molar-refractivity contribution in [2.45, 2.75) is 6.54 Å². The number of benzene rings is 2. The van der Waals surface area contributed by atoms with Gasteiger partial charge in [-0.1, -0.05) is 18.2 Å². The van der Waals surface area contributed by atoms with Gasteiger partial charge in [-0.3, -0.25) is 4.79 Å². The molecule has 2 rings (SSSR count). The fourth-order valence-corrected chi connectivity index (χ4v) is 2.09. The maximum absolute atomic E-state index is 12.3. The molecule has 0 bridgehead atoms. The summed E-state index contributed by atoms with van der Waals surface area (Å²) in [5, 5.41) is 6.04. The van der Waals surface area contributed by atoms with Crippen molar-refractivity contribution in [2.75, 3.05) is 31.4 Å². The molecule has 0 radical (unpaired) electrons. The molecule has 0 spiro atoms. The molecule has 2 aromatic rings. The highest BCUT2D eigenvalue weighted by Gasteiger charge is 2.07. The van der Waals surface area contributed by atoms with Gasteiger partial charge in [0.25, 0.3) is 5.91 Å². The summed E-state index contributed by atoms with van der Waals surface area (Å²) < 4.78 is 0. The average Bonchev–Trinajstić information content (AvgIpc) is 2.48. The third-order valence-corrected chi connectivity index (χ3v) is 3.19. The summed E-state index contributed by atoms with van der Waals surface area (Å²) in [6, 6.07) is 15.4. The van der Waals surface area contributed by atoms with Gasteiger partial charge >= 0.3 is 0 Å². The van der Waals surface area contributed by atoms with Crippen molar-refractivity contribution >= 4 is 17.3 Å². The summed E-state index contributed by atoms with van der Waals surface area (Å²) in [5.74, 6) is -0.0969. The lowest BCUT2D eigenvalue weighted by Gasteiger charge is -2.13. The van der Waals surface area contributed by atoms with Crippen LogP contribution in [0.2, 0.25) is 0 Å². The van der Waals surface area contributed by atoms with Crippen LogP contribution >= 0.6 is 0 Å². The van der Waals surface area contributed by atoms with E-state index in [0.717, 1.165) is 23.5 Å². The molecule has 0 aliphatic carbocycles. The Hall–Kier alpha value is -2.33. The molecule has 21 heavy (non-hydrogen) atoms. The molecule has 0 unspecified atom stereocenters. The van der Waals surface area contributed by atoms with E-state index in [2.05, 4.69) is 10.6 Å². The van der Waals surface area contributed by atoms with Crippen LogP contribution in [-0.4, -0.2) is 27.1 Å². The minimum absolute atomic E-state index is 0.0969. The van der Waals surface area contributed by atoms with Gasteiger partial charge in [0, 0.05) is 37.6 Å². The third kappa shape index (κ3) is 4.07. The van der Waals surface area contributed by atoms with Gasteiger partial charge in [0.15, 0.2) is 0 Å². The van der Waals surface area contributed by atoms with Gasteiger partial charge in [0.05, 0.1) is 0 Å². The van der Waals surface area contributed by atoms with Crippen LogP contribution in [0.3, 0.4) is 0 Å². The molecule has 0 aromatic heterocycles. The highest BCUT2D eigenvalue weighted by Crippen LogP contribution is 2.16. The Kier molecular flexibility index (Phi) is 4.95. The highest BCUT2D eigenvalue weighted by atomic mass is 16.1. The average molecular weight is 283 g/mol. The number of amides is 1. The fraction of sp³-hybridized carbons (Fsp3) is 0.235. The van der Waals surface area contributed by atoms with Gasteiger partial charge in [0.2, 0.25) is 0 Å². The second kappa shape index (κ2) is 6.90. The fourth-order valence-electron chi connectivity index (χ4n) is 2.09. The number of carbonyl (C=O) groups is 1. The third-order valence-electron chi connectivity index (χ3n) is 3.19. The molecule has 0 heterocycles. The smallest absolute Gasteiger partial charge is 0.255 e. The van der Waals surface area contributed by atoms with Crippen molar-refractivity contribution in [3.63, 3.8) is 0 Å². The number of hydrogen-bond donors (Lipinski definition) is 2. The van der Waals surface area contributed by atoms with Gasteiger partial charge in [-0.15, -0.1) is 0 Å². The van der Waals surface area contributed by atoms with E-state index in [1.54, 1.807) is 0 Å². The van der Waals surface area contributed by atoms with Crippen molar-refractivity contribution in [3.05, 3.63) is 59.7 Å². The number of anilines is 2. The summed E-state index contributed by atoms with van der Waals surface area (Å²) in [7, 11) is 5.81. The zero-order valence-electron chi connectivity index (χ0n) is 12.7. The quantitative estimate of drug-likeness (QED) is 0.887. The van der Waals surface area contributed by atoms with Crippen LogP contribution in [0.15, 0.2) is 48.5 Å². The molecule has 2 aromatic carbocycles. The van der Waals surface area contributed by atoms with E-state index >= 15 is 0 Å². The van der Waals surface area contributed by atoms with Crippen LogP contribution in [0.1, 0.15) is 15.9 Å². The van der Waals surface area contributed by atoms with Crippen LogP contribution in [0.25, 0.3) is 0 Å². The van der Waals surface area contributed by atoms with Gasteiger partial charge in [-0.05, 0) is 42.9 Å². The largest absolute Gasteiger partial charge is 0.378 e. The zero-order valence-corrected chi connectivity index (χ0v) is 12.7. The topological polar surface area (TPSA) is 44.4 Å². The Morgan fingerprint density at radius 2 is 1.86 bits per heavy atom. The van der Waals surface area contributed by atoms with Crippen LogP contribution in [0, 0.1) is 0 Å². The molecule has 0 fully saturated rings. The van der Waals surface area contributed by atoms with E-state index in [9.17, 15) is 4.79 Å². The second-order valence-corrected chi connectivity index (χ2v) is 5.13. The molecule has 4 nitrogen and oxygen atoms in total. The molecule has 0 saturated carbocycles. The van der Waals surface area contributed by atoms with E-state index in [0.29, 0.717) is 5.56 Å². The maximum atomic E-state index is 12.3. The first-order valence-corrected chi connectivity index (χ1v) is 6.92. The molecule has 0 saturated heterocycles.